The lowest BCUT2D eigenvalue weighted by atomic mass is 10.0. The van der Waals surface area contributed by atoms with E-state index in [1.165, 1.54) is 0 Å². The van der Waals surface area contributed by atoms with Crippen molar-refractivity contribution < 1.29 is 14.2 Å². The zero-order chi connectivity index (χ0) is 14.4. The largest absolute Gasteiger partial charge is 0.493 e. The van der Waals surface area contributed by atoms with Crippen LogP contribution in [0, 0.1) is 12.3 Å². The zero-order valence-electron chi connectivity index (χ0n) is 12.1. The summed E-state index contributed by atoms with van der Waals surface area (Å²) in [6, 6.07) is 5.83. The summed E-state index contributed by atoms with van der Waals surface area (Å²) in [5, 5.41) is 0. The Balaban J connectivity index is 2.25. The Morgan fingerprint density at radius 1 is 1.35 bits per heavy atom. The fourth-order valence-electron chi connectivity index (χ4n) is 2.38. The number of methoxy groups -OCH3 is 1. The molecule has 2 rings (SSSR count). The summed E-state index contributed by atoms with van der Waals surface area (Å²) in [4.78, 5) is 2.25. The van der Waals surface area contributed by atoms with Crippen molar-refractivity contribution in [1.82, 2.24) is 4.90 Å². The standard InChI is InChI=1S/C16H21NO3/c1-4-14(17-8-10-19-11-9-17)13-6-7-15(18-3)16(12-13)20-5-2/h1,6-7,12,14H,5,8-11H2,2-3H3. The fraction of sp³-hybridized carbons (Fsp3) is 0.500. The number of ether oxygens (including phenoxy) is 3. The molecule has 0 N–H and O–H groups in total. The van der Waals surface area contributed by atoms with Crippen LogP contribution in [0.1, 0.15) is 18.5 Å². The summed E-state index contributed by atoms with van der Waals surface area (Å²) in [6.45, 7) is 5.71. The van der Waals surface area contributed by atoms with Crippen LogP contribution >= 0.6 is 0 Å². The molecule has 0 bridgehead atoms. The van der Waals surface area contributed by atoms with Gasteiger partial charge in [0.25, 0.3) is 0 Å². The van der Waals surface area contributed by atoms with E-state index in [-0.39, 0.29) is 6.04 Å². The van der Waals surface area contributed by atoms with Crippen LogP contribution in [0.15, 0.2) is 18.2 Å². The number of benzene rings is 1. The molecule has 0 saturated carbocycles. The molecule has 4 heteroatoms. The second-order valence-corrected chi connectivity index (χ2v) is 4.56. The van der Waals surface area contributed by atoms with E-state index in [9.17, 15) is 0 Å². The van der Waals surface area contributed by atoms with Crippen molar-refractivity contribution in [1.29, 1.82) is 0 Å². The molecule has 0 aromatic heterocycles. The van der Waals surface area contributed by atoms with Crippen molar-refractivity contribution in [3.05, 3.63) is 23.8 Å². The van der Waals surface area contributed by atoms with Crippen LogP contribution in [-0.2, 0) is 4.74 Å². The van der Waals surface area contributed by atoms with E-state index in [1.807, 2.05) is 25.1 Å². The first kappa shape index (κ1) is 14.7. The molecular weight excluding hydrogens is 254 g/mol. The number of terminal acetylenes is 1. The van der Waals surface area contributed by atoms with Gasteiger partial charge >= 0.3 is 0 Å². The third kappa shape index (κ3) is 3.24. The van der Waals surface area contributed by atoms with Gasteiger partial charge in [-0.3, -0.25) is 4.90 Å². The highest BCUT2D eigenvalue weighted by molar-refractivity contribution is 5.45. The van der Waals surface area contributed by atoms with Crippen molar-refractivity contribution in [2.75, 3.05) is 40.0 Å². The summed E-state index contributed by atoms with van der Waals surface area (Å²) in [7, 11) is 1.64. The Labute approximate surface area is 120 Å². The molecule has 1 saturated heterocycles. The van der Waals surface area contributed by atoms with Crippen LogP contribution in [0.2, 0.25) is 0 Å². The molecule has 1 aromatic carbocycles. The number of nitrogens with zero attached hydrogens (tertiary/aromatic N) is 1. The van der Waals surface area contributed by atoms with Crippen LogP contribution in [0.25, 0.3) is 0 Å². The first-order valence-electron chi connectivity index (χ1n) is 6.88. The van der Waals surface area contributed by atoms with Gasteiger partial charge in [-0.05, 0) is 24.6 Å². The summed E-state index contributed by atoms with van der Waals surface area (Å²) in [6.07, 6.45) is 5.73. The molecule has 0 radical (unpaired) electrons. The first-order valence-corrected chi connectivity index (χ1v) is 6.88. The van der Waals surface area contributed by atoms with E-state index in [0.29, 0.717) is 6.61 Å². The summed E-state index contributed by atoms with van der Waals surface area (Å²) in [5.41, 5.74) is 1.05. The molecule has 1 heterocycles. The quantitative estimate of drug-likeness (QED) is 0.770. The van der Waals surface area contributed by atoms with Crippen molar-refractivity contribution >= 4 is 0 Å². The van der Waals surface area contributed by atoms with E-state index >= 15 is 0 Å². The Kier molecular flexibility index (Phi) is 5.28. The second kappa shape index (κ2) is 7.18. The molecule has 4 nitrogen and oxygen atoms in total. The monoisotopic (exact) mass is 275 g/mol. The third-order valence-electron chi connectivity index (χ3n) is 3.37. The van der Waals surface area contributed by atoms with Gasteiger partial charge < -0.3 is 14.2 Å². The van der Waals surface area contributed by atoms with Gasteiger partial charge in [-0.2, -0.15) is 0 Å². The van der Waals surface area contributed by atoms with E-state index in [1.54, 1.807) is 7.11 Å². The van der Waals surface area contributed by atoms with Gasteiger partial charge in [-0.1, -0.05) is 12.0 Å². The molecule has 1 unspecified atom stereocenters. The maximum absolute atomic E-state index is 5.73. The minimum atomic E-state index is -0.0518. The average Bonchev–Trinajstić information content (AvgIpc) is 2.50. The van der Waals surface area contributed by atoms with E-state index < -0.39 is 0 Å². The lowest BCUT2D eigenvalue weighted by Crippen LogP contribution is -2.38. The van der Waals surface area contributed by atoms with Crippen LogP contribution in [0.5, 0.6) is 11.5 Å². The van der Waals surface area contributed by atoms with Gasteiger partial charge in [0.15, 0.2) is 11.5 Å². The third-order valence-corrected chi connectivity index (χ3v) is 3.37. The predicted octanol–water partition coefficient (Wildman–Crippen LogP) is 2.10. The molecule has 108 valence electrons. The van der Waals surface area contributed by atoms with Crippen LogP contribution in [0.3, 0.4) is 0 Å². The number of hydrogen-bond donors (Lipinski definition) is 0. The summed E-state index contributed by atoms with van der Waals surface area (Å²) >= 11 is 0. The minimum absolute atomic E-state index is 0.0518. The maximum atomic E-state index is 5.73. The molecule has 0 spiro atoms. The molecule has 1 atom stereocenters. The van der Waals surface area contributed by atoms with Gasteiger partial charge in [0, 0.05) is 13.1 Å². The number of morpholine rings is 1. The van der Waals surface area contributed by atoms with Crippen molar-refractivity contribution in [2.45, 2.75) is 13.0 Å². The van der Waals surface area contributed by atoms with E-state index in [4.69, 9.17) is 20.6 Å². The fourth-order valence-corrected chi connectivity index (χ4v) is 2.38. The summed E-state index contributed by atoms with van der Waals surface area (Å²) < 4.78 is 16.3. The predicted molar refractivity (Wildman–Crippen MR) is 78.1 cm³/mol. The highest BCUT2D eigenvalue weighted by atomic mass is 16.5. The number of rotatable bonds is 5. The van der Waals surface area contributed by atoms with Crippen LogP contribution in [-0.4, -0.2) is 44.9 Å². The van der Waals surface area contributed by atoms with Gasteiger partial charge in [-0.25, -0.2) is 0 Å². The Hall–Kier alpha value is -1.70. The lowest BCUT2D eigenvalue weighted by molar-refractivity contribution is 0.0269. The first-order chi connectivity index (χ1) is 9.80. The highest BCUT2D eigenvalue weighted by Crippen LogP contribution is 2.32. The number of hydrogen-bond acceptors (Lipinski definition) is 4. The SMILES string of the molecule is C#CC(c1ccc(OC)c(OCC)c1)N1CCOCC1. The Morgan fingerprint density at radius 2 is 2.10 bits per heavy atom. The second-order valence-electron chi connectivity index (χ2n) is 4.56. The van der Waals surface area contributed by atoms with Crippen molar-refractivity contribution in [3.8, 4) is 23.8 Å². The summed E-state index contributed by atoms with van der Waals surface area (Å²) in [5.74, 6) is 4.34. The van der Waals surface area contributed by atoms with Crippen molar-refractivity contribution in [3.63, 3.8) is 0 Å². The Bertz CT molecular complexity index is 475. The normalized spacial score (nSPS) is 17.2. The van der Waals surface area contributed by atoms with Crippen molar-refractivity contribution in [2.24, 2.45) is 0 Å². The average molecular weight is 275 g/mol. The highest BCUT2D eigenvalue weighted by Gasteiger charge is 2.21. The van der Waals surface area contributed by atoms with Crippen LogP contribution in [0.4, 0.5) is 0 Å². The molecule has 0 amide bonds. The molecule has 1 aromatic rings. The van der Waals surface area contributed by atoms with Crippen LogP contribution < -0.4 is 9.47 Å². The van der Waals surface area contributed by atoms with E-state index in [0.717, 1.165) is 43.4 Å². The van der Waals surface area contributed by atoms with Gasteiger partial charge in [0.05, 0.1) is 33.0 Å². The molecule has 1 aliphatic rings. The topological polar surface area (TPSA) is 30.9 Å². The van der Waals surface area contributed by atoms with Gasteiger partial charge in [0.1, 0.15) is 0 Å². The Morgan fingerprint density at radius 3 is 2.70 bits per heavy atom. The maximum Gasteiger partial charge on any atom is 0.161 e. The molecule has 1 fully saturated rings. The van der Waals surface area contributed by atoms with Gasteiger partial charge in [0.2, 0.25) is 0 Å². The van der Waals surface area contributed by atoms with Gasteiger partial charge in [-0.15, -0.1) is 6.42 Å². The molecular formula is C16H21NO3. The molecule has 20 heavy (non-hydrogen) atoms. The zero-order valence-corrected chi connectivity index (χ0v) is 12.1. The smallest absolute Gasteiger partial charge is 0.161 e. The molecule has 1 aliphatic heterocycles. The minimum Gasteiger partial charge on any atom is -0.493 e. The lowest BCUT2D eigenvalue weighted by Gasteiger charge is -2.31. The molecule has 0 aliphatic carbocycles. The van der Waals surface area contributed by atoms with E-state index in [2.05, 4.69) is 10.8 Å².